The number of nitrogens with zero attached hydrogens (tertiary/aromatic N) is 5. The number of thiophene rings is 1. The lowest BCUT2D eigenvalue weighted by Crippen LogP contribution is -2.27. The predicted molar refractivity (Wildman–Crippen MR) is 142 cm³/mol. The molecule has 0 aliphatic carbocycles. The molecule has 37 heavy (non-hydrogen) atoms. The largest absolute Gasteiger partial charge is 0.396 e. The molecule has 4 aromatic heterocycles. The summed E-state index contributed by atoms with van der Waals surface area (Å²) in [5.74, 6) is -0.520. The van der Waals surface area contributed by atoms with Crippen molar-refractivity contribution in [3.8, 4) is 21.7 Å². The van der Waals surface area contributed by atoms with Crippen LogP contribution in [0.1, 0.15) is 52.5 Å². The number of benzene rings is 1. The number of fused-ring (bicyclic) bond motifs is 1. The monoisotopic (exact) mass is 537 g/mol. The highest BCUT2D eigenvalue weighted by Crippen LogP contribution is 2.35. The zero-order valence-corrected chi connectivity index (χ0v) is 21.7. The maximum atomic E-state index is 13.3. The third-order valence-corrected chi connectivity index (χ3v) is 8.08. The molecule has 9 nitrogen and oxygen atoms in total. The molecule has 4 heterocycles. The molecule has 0 radical (unpaired) electrons. The first-order valence-corrected chi connectivity index (χ1v) is 13.3. The van der Waals surface area contributed by atoms with E-state index in [0.29, 0.717) is 27.5 Å². The second-order valence-corrected chi connectivity index (χ2v) is 10.5. The van der Waals surface area contributed by atoms with Gasteiger partial charge in [0.1, 0.15) is 10.8 Å². The molecule has 0 spiro atoms. The maximum Gasteiger partial charge on any atom is 0.261 e. The van der Waals surface area contributed by atoms with Crippen molar-refractivity contribution in [1.82, 2.24) is 30.1 Å². The normalized spacial score (nSPS) is 13.1. The summed E-state index contributed by atoms with van der Waals surface area (Å²) in [4.78, 5) is 17.9. The number of hydrogen-bond acceptors (Lipinski definition) is 9. The van der Waals surface area contributed by atoms with Gasteiger partial charge in [0.2, 0.25) is 5.95 Å². The first kappa shape index (κ1) is 24.9. The minimum absolute atomic E-state index is 0.0260. The van der Waals surface area contributed by atoms with E-state index in [1.165, 1.54) is 34.8 Å². The van der Waals surface area contributed by atoms with Gasteiger partial charge in [-0.1, -0.05) is 37.3 Å². The smallest absolute Gasteiger partial charge is 0.261 e. The topological polar surface area (TPSA) is 131 Å². The summed E-state index contributed by atoms with van der Waals surface area (Å²) in [6.07, 6.45) is 2.47. The number of aliphatic hydroxyl groups excluding tert-OH is 1. The zero-order valence-electron chi connectivity index (χ0n) is 20.1. The SMILES string of the molecule is CC[C@H](NC(=O)c1cc(-c2cc(-c3nnc([C@@H](C)CO)s3)c3nc(N)nn3c2)cs1)c1ccc(F)cc1. The number of anilines is 1. The van der Waals surface area contributed by atoms with Crippen LogP contribution in [0.2, 0.25) is 0 Å². The molecule has 0 fully saturated rings. The van der Waals surface area contributed by atoms with E-state index in [0.717, 1.165) is 21.7 Å². The van der Waals surface area contributed by atoms with Gasteiger partial charge in [0.15, 0.2) is 10.7 Å². The summed E-state index contributed by atoms with van der Waals surface area (Å²) in [7, 11) is 0. The Kier molecular flexibility index (Phi) is 6.96. The lowest BCUT2D eigenvalue weighted by atomic mass is 10.0. The number of aromatic nitrogens is 5. The van der Waals surface area contributed by atoms with Gasteiger partial charge in [0.25, 0.3) is 5.91 Å². The molecule has 5 aromatic rings. The first-order valence-electron chi connectivity index (χ1n) is 11.6. The number of nitrogen functional groups attached to an aromatic ring is 1. The average Bonchev–Trinajstić information content (AvgIpc) is 3.66. The van der Waals surface area contributed by atoms with Crippen LogP contribution in [0.15, 0.2) is 48.0 Å². The summed E-state index contributed by atoms with van der Waals surface area (Å²) in [5.41, 5.74) is 9.61. The van der Waals surface area contributed by atoms with Crippen molar-refractivity contribution < 1.29 is 14.3 Å². The van der Waals surface area contributed by atoms with Gasteiger partial charge in [-0.05, 0) is 47.2 Å². The highest BCUT2D eigenvalue weighted by Gasteiger charge is 2.20. The lowest BCUT2D eigenvalue weighted by Gasteiger charge is -2.17. The maximum absolute atomic E-state index is 13.3. The summed E-state index contributed by atoms with van der Waals surface area (Å²) in [5, 5.41) is 28.6. The molecular formula is C25H24FN7O2S2. The van der Waals surface area contributed by atoms with Crippen molar-refractivity contribution in [2.75, 3.05) is 12.3 Å². The molecule has 0 saturated carbocycles. The number of carbonyl (C=O) groups excluding carboxylic acids is 1. The van der Waals surface area contributed by atoms with Crippen molar-refractivity contribution in [3.05, 3.63) is 69.2 Å². The van der Waals surface area contributed by atoms with Gasteiger partial charge < -0.3 is 16.2 Å². The van der Waals surface area contributed by atoms with Gasteiger partial charge in [-0.3, -0.25) is 4.79 Å². The Labute approximate surface area is 219 Å². The van der Waals surface area contributed by atoms with Crippen LogP contribution in [-0.2, 0) is 0 Å². The lowest BCUT2D eigenvalue weighted by molar-refractivity contribution is 0.0939. The molecule has 4 N–H and O–H groups in total. The molecule has 0 saturated heterocycles. The first-order chi connectivity index (χ1) is 17.9. The Morgan fingerprint density at radius 1 is 1.22 bits per heavy atom. The number of aliphatic hydroxyl groups is 1. The molecule has 5 rings (SSSR count). The standard InChI is InChI=1S/C25H24FN7O2S2/c1-3-19(14-4-6-17(26)7-5-14)28-22(35)20-9-16(12-36-20)15-8-18(21-29-25(27)32-33(21)10-15)24-31-30-23(37-24)13(2)11-34/h4-10,12-13,19,34H,3,11H2,1-2H3,(H2,27,32)(H,28,35)/t13-,19-/m0/s1. The Hall–Kier alpha value is -3.74. The summed E-state index contributed by atoms with van der Waals surface area (Å²) < 4.78 is 14.9. The number of amides is 1. The Morgan fingerprint density at radius 3 is 2.73 bits per heavy atom. The van der Waals surface area contributed by atoms with Crippen LogP contribution in [-0.4, -0.2) is 42.4 Å². The van der Waals surface area contributed by atoms with E-state index in [9.17, 15) is 14.3 Å². The number of halogens is 1. The van der Waals surface area contributed by atoms with Gasteiger partial charge in [0, 0.05) is 17.7 Å². The van der Waals surface area contributed by atoms with E-state index in [2.05, 4.69) is 25.6 Å². The number of carbonyl (C=O) groups is 1. The van der Waals surface area contributed by atoms with Crippen molar-refractivity contribution in [3.63, 3.8) is 0 Å². The molecule has 1 aromatic carbocycles. The van der Waals surface area contributed by atoms with E-state index >= 15 is 0 Å². The summed E-state index contributed by atoms with van der Waals surface area (Å²) >= 11 is 2.71. The second kappa shape index (κ2) is 10.3. The van der Waals surface area contributed by atoms with Gasteiger partial charge in [-0.2, -0.15) is 4.98 Å². The van der Waals surface area contributed by atoms with Crippen LogP contribution < -0.4 is 11.1 Å². The highest BCUT2D eigenvalue weighted by atomic mass is 32.1. The minimum atomic E-state index is -0.314. The number of rotatable bonds is 8. The summed E-state index contributed by atoms with van der Waals surface area (Å²) in [6, 6.07) is 9.67. The van der Waals surface area contributed by atoms with Crippen LogP contribution in [0.4, 0.5) is 10.3 Å². The van der Waals surface area contributed by atoms with E-state index in [-0.39, 0.29) is 36.2 Å². The van der Waals surface area contributed by atoms with Crippen molar-refractivity contribution >= 4 is 40.2 Å². The molecular weight excluding hydrogens is 513 g/mol. The van der Waals surface area contributed by atoms with Crippen LogP contribution >= 0.6 is 22.7 Å². The number of nitrogens with one attached hydrogen (secondary N) is 1. The predicted octanol–water partition coefficient (Wildman–Crippen LogP) is 4.67. The van der Waals surface area contributed by atoms with Gasteiger partial charge in [-0.15, -0.1) is 26.6 Å². The van der Waals surface area contributed by atoms with Crippen molar-refractivity contribution in [1.29, 1.82) is 0 Å². The van der Waals surface area contributed by atoms with E-state index < -0.39 is 0 Å². The molecule has 190 valence electrons. The summed E-state index contributed by atoms with van der Waals surface area (Å²) in [6.45, 7) is 3.82. The quantitative estimate of drug-likeness (QED) is 0.262. The van der Waals surface area contributed by atoms with Crippen molar-refractivity contribution in [2.45, 2.75) is 32.2 Å². The Balaban J connectivity index is 1.45. The number of pyridine rings is 1. The van der Waals surface area contributed by atoms with E-state index in [4.69, 9.17) is 5.73 Å². The van der Waals surface area contributed by atoms with Crippen LogP contribution in [0, 0.1) is 5.82 Å². The van der Waals surface area contributed by atoms with Gasteiger partial charge in [-0.25, -0.2) is 8.91 Å². The molecule has 0 unspecified atom stereocenters. The zero-order chi connectivity index (χ0) is 26.1. The fourth-order valence-electron chi connectivity index (χ4n) is 3.89. The van der Waals surface area contributed by atoms with Crippen LogP contribution in [0.25, 0.3) is 27.3 Å². The fraction of sp³-hybridized carbons (Fsp3) is 0.240. The average molecular weight is 538 g/mol. The second-order valence-electron chi connectivity index (χ2n) is 8.60. The molecule has 0 bridgehead atoms. The molecule has 0 aliphatic rings. The fourth-order valence-corrected chi connectivity index (χ4v) is 5.61. The van der Waals surface area contributed by atoms with Gasteiger partial charge >= 0.3 is 0 Å². The third kappa shape index (κ3) is 5.08. The minimum Gasteiger partial charge on any atom is -0.396 e. The molecule has 2 atom stereocenters. The molecule has 0 aliphatic heterocycles. The van der Waals surface area contributed by atoms with Crippen LogP contribution in [0.5, 0.6) is 0 Å². The van der Waals surface area contributed by atoms with Crippen molar-refractivity contribution in [2.24, 2.45) is 0 Å². The molecule has 12 heteroatoms. The Morgan fingerprint density at radius 2 is 2.00 bits per heavy atom. The van der Waals surface area contributed by atoms with Crippen LogP contribution in [0.3, 0.4) is 0 Å². The van der Waals surface area contributed by atoms with E-state index in [1.54, 1.807) is 22.8 Å². The highest BCUT2D eigenvalue weighted by molar-refractivity contribution is 7.14. The Bertz CT molecular complexity index is 1560. The van der Waals surface area contributed by atoms with E-state index in [1.807, 2.05) is 31.4 Å². The number of nitrogens with two attached hydrogens (primary N) is 1. The van der Waals surface area contributed by atoms with Gasteiger partial charge in [0.05, 0.1) is 23.1 Å². The molecule has 1 amide bonds. The number of hydrogen-bond donors (Lipinski definition) is 3. The third-order valence-electron chi connectivity index (χ3n) is 5.96.